The first-order valence-electron chi connectivity index (χ1n) is 9.09. The van der Waals surface area contributed by atoms with Gasteiger partial charge in [-0.3, -0.25) is 14.9 Å². The number of nitro benzene ring substituents is 1. The van der Waals surface area contributed by atoms with Gasteiger partial charge in [-0.1, -0.05) is 0 Å². The van der Waals surface area contributed by atoms with Crippen molar-refractivity contribution in [3.8, 4) is 0 Å². The number of hydrogen-bond donors (Lipinski definition) is 1. The summed E-state index contributed by atoms with van der Waals surface area (Å²) >= 11 is 1.61. The van der Waals surface area contributed by atoms with Crippen molar-refractivity contribution in [2.45, 2.75) is 32.5 Å². The minimum Gasteiger partial charge on any atom is -0.366 e. The lowest BCUT2D eigenvalue weighted by Gasteiger charge is -2.32. The van der Waals surface area contributed by atoms with Crippen LogP contribution in [-0.4, -0.2) is 23.9 Å². The normalized spacial score (nSPS) is 15.4. The van der Waals surface area contributed by atoms with E-state index in [9.17, 15) is 28.1 Å². The number of piperidine rings is 1. The Bertz CT molecular complexity index is 906. The van der Waals surface area contributed by atoms with Gasteiger partial charge in [0, 0.05) is 34.8 Å². The second kappa shape index (κ2) is 8.40. The number of amides is 1. The van der Waals surface area contributed by atoms with Crippen LogP contribution in [0.15, 0.2) is 30.3 Å². The number of alkyl halides is 3. The minimum absolute atomic E-state index is 0.0716. The number of carbonyl (C=O) groups excluding carboxylic acids is 1. The van der Waals surface area contributed by atoms with Crippen LogP contribution in [-0.2, 0) is 17.5 Å². The molecule has 1 saturated heterocycles. The summed E-state index contributed by atoms with van der Waals surface area (Å²) in [5.74, 6) is -0.293. The van der Waals surface area contributed by atoms with Gasteiger partial charge in [0.1, 0.15) is 5.69 Å². The molecule has 6 nitrogen and oxygen atoms in total. The number of nitro groups is 1. The highest BCUT2D eigenvalue weighted by Crippen LogP contribution is 2.37. The Kier molecular flexibility index (Phi) is 6.11. The third-order valence-corrected chi connectivity index (χ3v) is 5.94. The van der Waals surface area contributed by atoms with Crippen LogP contribution in [0, 0.1) is 23.0 Å². The van der Waals surface area contributed by atoms with Gasteiger partial charge in [-0.2, -0.15) is 13.2 Å². The summed E-state index contributed by atoms with van der Waals surface area (Å²) in [6.45, 7) is 3.18. The van der Waals surface area contributed by atoms with Crippen LogP contribution < -0.4 is 10.2 Å². The summed E-state index contributed by atoms with van der Waals surface area (Å²) in [6.07, 6.45) is -3.68. The van der Waals surface area contributed by atoms with Gasteiger partial charge in [0.2, 0.25) is 5.91 Å². The Balaban J connectivity index is 1.62. The van der Waals surface area contributed by atoms with Gasteiger partial charge in [0.05, 0.1) is 17.0 Å². The predicted molar refractivity (Wildman–Crippen MR) is 104 cm³/mol. The number of nitrogens with zero attached hydrogens (tertiary/aromatic N) is 2. The van der Waals surface area contributed by atoms with E-state index >= 15 is 0 Å². The molecular formula is C19H20F3N3O3S. The second-order valence-electron chi connectivity index (χ2n) is 6.95. The zero-order valence-corrected chi connectivity index (χ0v) is 16.5. The van der Waals surface area contributed by atoms with Crippen molar-refractivity contribution in [2.24, 2.45) is 5.92 Å². The monoisotopic (exact) mass is 427 g/mol. The lowest BCUT2D eigenvalue weighted by Crippen LogP contribution is -2.40. The summed E-state index contributed by atoms with van der Waals surface area (Å²) in [5, 5.41) is 14.2. The fraction of sp³-hybridized carbons (Fsp3) is 0.421. The molecule has 1 aromatic heterocycles. The van der Waals surface area contributed by atoms with Crippen LogP contribution in [0.4, 0.5) is 24.5 Å². The van der Waals surface area contributed by atoms with E-state index in [4.69, 9.17) is 0 Å². The standard InChI is InChI=1S/C19H20F3N3O3S/c1-12-2-4-15(29-12)11-23-18(26)13-6-8-24(9-7-13)16-5-3-14(19(20,21)22)10-17(16)25(27)28/h2-5,10,13H,6-9,11H2,1H3,(H,23,26). The maximum absolute atomic E-state index is 12.9. The topological polar surface area (TPSA) is 75.5 Å². The molecule has 156 valence electrons. The number of aryl methyl sites for hydroxylation is 1. The smallest absolute Gasteiger partial charge is 0.366 e. The van der Waals surface area contributed by atoms with Gasteiger partial charge in [-0.05, 0) is 44.0 Å². The highest BCUT2D eigenvalue weighted by molar-refractivity contribution is 7.11. The van der Waals surface area contributed by atoms with Crippen LogP contribution in [0.1, 0.15) is 28.2 Å². The van der Waals surface area contributed by atoms with Crippen molar-refractivity contribution >= 4 is 28.6 Å². The molecule has 1 aromatic carbocycles. The number of benzene rings is 1. The third-order valence-electron chi connectivity index (χ3n) is 4.94. The van der Waals surface area contributed by atoms with E-state index in [0.717, 1.165) is 17.0 Å². The average molecular weight is 427 g/mol. The van der Waals surface area contributed by atoms with Crippen molar-refractivity contribution in [3.63, 3.8) is 0 Å². The van der Waals surface area contributed by atoms with Gasteiger partial charge in [-0.25, -0.2) is 0 Å². The number of thiophene rings is 1. The molecular weight excluding hydrogens is 407 g/mol. The van der Waals surface area contributed by atoms with Crippen LogP contribution >= 0.6 is 11.3 Å². The van der Waals surface area contributed by atoms with Gasteiger partial charge in [0.15, 0.2) is 0 Å². The molecule has 0 spiro atoms. The molecule has 1 N–H and O–H groups in total. The van der Waals surface area contributed by atoms with E-state index in [2.05, 4.69) is 5.32 Å². The molecule has 0 saturated carbocycles. The number of rotatable bonds is 5. The Morgan fingerprint density at radius 2 is 1.97 bits per heavy atom. The Labute approximate surface area is 169 Å². The van der Waals surface area contributed by atoms with E-state index in [0.29, 0.717) is 38.5 Å². The van der Waals surface area contributed by atoms with Crippen molar-refractivity contribution in [1.82, 2.24) is 5.32 Å². The van der Waals surface area contributed by atoms with E-state index in [-0.39, 0.29) is 17.5 Å². The maximum atomic E-state index is 12.9. The number of halogens is 3. The average Bonchev–Trinajstić information content (AvgIpc) is 3.10. The van der Waals surface area contributed by atoms with E-state index in [1.165, 1.54) is 4.88 Å². The first kappa shape index (κ1) is 21.1. The van der Waals surface area contributed by atoms with Gasteiger partial charge < -0.3 is 10.2 Å². The van der Waals surface area contributed by atoms with Crippen molar-refractivity contribution in [2.75, 3.05) is 18.0 Å². The zero-order chi connectivity index (χ0) is 21.2. The van der Waals surface area contributed by atoms with Gasteiger partial charge in [-0.15, -0.1) is 11.3 Å². The molecule has 0 radical (unpaired) electrons. The highest BCUT2D eigenvalue weighted by Gasteiger charge is 2.34. The zero-order valence-electron chi connectivity index (χ0n) is 15.7. The Morgan fingerprint density at radius 1 is 1.28 bits per heavy atom. The predicted octanol–water partition coefficient (Wildman–Crippen LogP) is 4.52. The maximum Gasteiger partial charge on any atom is 0.416 e. The number of hydrogen-bond acceptors (Lipinski definition) is 5. The third kappa shape index (κ3) is 5.06. The summed E-state index contributed by atoms with van der Waals surface area (Å²) in [7, 11) is 0. The molecule has 0 bridgehead atoms. The molecule has 2 heterocycles. The molecule has 29 heavy (non-hydrogen) atoms. The van der Waals surface area contributed by atoms with E-state index in [1.807, 2.05) is 19.1 Å². The van der Waals surface area contributed by atoms with Crippen molar-refractivity contribution in [3.05, 3.63) is 55.8 Å². The molecule has 0 atom stereocenters. The Morgan fingerprint density at radius 3 is 2.52 bits per heavy atom. The number of nitrogens with one attached hydrogen (secondary N) is 1. The second-order valence-corrected chi connectivity index (χ2v) is 8.32. The summed E-state index contributed by atoms with van der Waals surface area (Å²) in [5.41, 5.74) is -1.47. The van der Waals surface area contributed by atoms with Gasteiger partial charge >= 0.3 is 6.18 Å². The molecule has 3 rings (SSSR count). The fourth-order valence-corrected chi connectivity index (χ4v) is 4.22. The summed E-state index contributed by atoms with van der Waals surface area (Å²) in [6, 6.07) is 6.51. The largest absolute Gasteiger partial charge is 0.416 e. The molecule has 1 aliphatic rings. The molecule has 0 unspecified atom stereocenters. The first-order valence-corrected chi connectivity index (χ1v) is 9.90. The van der Waals surface area contributed by atoms with Crippen LogP contribution in [0.2, 0.25) is 0 Å². The number of carbonyl (C=O) groups is 1. The van der Waals surface area contributed by atoms with Crippen LogP contribution in [0.25, 0.3) is 0 Å². The van der Waals surface area contributed by atoms with Crippen LogP contribution in [0.3, 0.4) is 0 Å². The first-order chi connectivity index (χ1) is 13.6. The lowest BCUT2D eigenvalue weighted by molar-refractivity contribution is -0.384. The highest BCUT2D eigenvalue weighted by atomic mass is 32.1. The molecule has 2 aromatic rings. The minimum atomic E-state index is -4.64. The summed E-state index contributed by atoms with van der Waals surface area (Å²) < 4.78 is 38.6. The molecule has 10 heteroatoms. The molecule has 1 fully saturated rings. The quantitative estimate of drug-likeness (QED) is 0.563. The molecule has 1 amide bonds. The fourth-order valence-electron chi connectivity index (χ4n) is 3.39. The van der Waals surface area contributed by atoms with Gasteiger partial charge in [0.25, 0.3) is 5.69 Å². The van der Waals surface area contributed by atoms with Crippen molar-refractivity contribution in [1.29, 1.82) is 0 Å². The van der Waals surface area contributed by atoms with E-state index < -0.39 is 22.4 Å². The summed E-state index contributed by atoms with van der Waals surface area (Å²) in [4.78, 5) is 26.8. The number of anilines is 1. The molecule has 1 aliphatic heterocycles. The van der Waals surface area contributed by atoms with Crippen LogP contribution in [0.5, 0.6) is 0 Å². The molecule has 0 aliphatic carbocycles. The SMILES string of the molecule is Cc1ccc(CNC(=O)C2CCN(c3ccc(C(F)(F)F)cc3[N+](=O)[O-])CC2)s1. The lowest BCUT2D eigenvalue weighted by atomic mass is 9.95. The van der Waals surface area contributed by atoms with E-state index in [1.54, 1.807) is 16.2 Å². The van der Waals surface area contributed by atoms with Crippen molar-refractivity contribution < 1.29 is 22.9 Å². The Hall–Kier alpha value is -2.62.